The van der Waals surface area contributed by atoms with Crippen LogP contribution in [0.15, 0.2) is 72.8 Å². The van der Waals surface area contributed by atoms with Crippen LogP contribution in [-0.4, -0.2) is 25.3 Å². The molecule has 0 saturated heterocycles. The van der Waals surface area contributed by atoms with Crippen molar-refractivity contribution in [1.29, 1.82) is 0 Å². The Balaban J connectivity index is 1.74. The third-order valence-corrected chi connectivity index (χ3v) is 5.93. The molecule has 0 spiro atoms. The molecule has 1 aliphatic carbocycles. The molecule has 4 heteroatoms. The average molecular weight is 443 g/mol. The summed E-state index contributed by atoms with van der Waals surface area (Å²) >= 11 is 0. The maximum atomic E-state index is 12.2. The molecule has 0 fully saturated rings. The molecule has 33 heavy (non-hydrogen) atoms. The predicted molar refractivity (Wildman–Crippen MR) is 131 cm³/mol. The second-order valence-electron chi connectivity index (χ2n) is 8.60. The molecule has 0 saturated carbocycles. The highest BCUT2D eigenvalue weighted by molar-refractivity contribution is 6.00. The number of esters is 1. The van der Waals surface area contributed by atoms with Crippen molar-refractivity contribution in [1.82, 2.24) is 0 Å². The molecule has 4 nitrogen and oxygen atoms in total. The zero-order valence-electron chi connectivity index (χ0n) is 19.7. The van der Waals surface area contributed by atoms with Gasteiger partial charge in [0.25, 0.3) is 0 Å². The maximum absolute atomic E-state index is 12.2. The van der Waals surface area contributed by atoms with Crippen molar-refractivity contribution in [2.75, 3.05) is 13.7 Å². The van der Waals surface area contributed by atoms with Gasteiger partial charge in [0, 0.05) is 0 Å². The van der Waals surface area contributed by atoms with Crippen LogP contribution in [0.1, 0.15) is 49.4 Å². The topological polar surface area (TPSA) is 44.8 Å². The minimum atomic E-state index is -1.06. The molecule has 0 unspecified atom stereocenters. The molecule has 0 radical (unpaired) electrons. The Bertz CT molecular complexity index is 1160. The summed E-state index contributed by atoms with van der Waals surface area (Å²) in [7, 11) is 1.70. The van der Waals surface area contributed by atoms with Crippen molar-refractivity contribution in [3.8, 4) is 11.5 Å². The number of methoxy groups -OCH3 is 1. The summed E-state index contributed by atoms with van der Waals surface area (Å²) in [6.07, 6.45) is 1.92. The van der Waals surface area contributed by atoms with Gasteiger partial charge in [-0.2, -0.15) is 0 Å². The van der Waals surface area contributed by atoms with E-state index in [0.717, 1.165) is 24.2 Å². The molecule has 3 aromatic rings. The Kier molecular flexibility index (Phi) is 6.55. The number of allylic oxidation sites excluding steroid dienone is 1. The van der Waals surface area contributed by atoms with Gasteiger partial charge >= 0.3 is 5.97 Å². The van der Waals surface area contributed by atoms with Gasteiger partial charge in [0.05, 0.1) is 13.7 Å². The van der Waals surface area contributed by atoms with E-state index in [1.165, 1.54) is 27.8 Å². The molecule has 1 aliphatic rings. The predicted octanol–water partition coefficient (Wildman–Crippen LogP) is 6.32. The van der Waals surface area contributed by atoms with Crippen LogP contribution in [-0.2, 0) is 16.0 Å². The molecular formula is C29H30O4. The summed E-state index contributed by atoms with van der Waals surface area (Å²) in [5, 5.41) is 0. The lowest BCUT2D eigenvalue weighted by Crippen LogP contribution is -2.39. The van der Waals surface area contributed by atoms with Crippen LogP contribution >= 0.6 is 0 Å². The highest BCUT2D eigenvalue weighted by Gasteiger charge is 2.31. The Morgan fingerprint density at radius 1 is 0.879 bits per heavy atom. The standard InChI is InChI=1S/C29H30O4/c1-5-32-28(30)29(2,3)33-23-14-11-21(12-15-23)27-25(20-9-7-6-8-10-20)17-13-22-19-24(31-4)16-18-26(22)27/h6-12,14-16,18-19H,5,13,17H2,1-4H3. The fourth-order valence-corrected chi connectivity index (χ4v) is 4.28. The molecule has 0 bridgehead atoms. The van der Waals surface area contributed by atoms with E-state index in [-0.39, 0.29) is 5.97 Å². The van der Waals surface area contributed by atoms with Crippen molar-refractivity contribution in [2.45, 2.75) is 39.2 Å². The van der Waals surface area contributed by atoms with E-state index in [4.69, 9.17) is 14.2 Å². The van der Waals surface area contributed by atoms with E-state index in [2.05, 4.69) is 48.5 Å². The third-order valence-electron chi connectivity index (χ3n) is 5.93. The van der Waals surface area contributed by atoms with Crippen LogP contribution < -0.4 is 9.47 Å². The Morgan fingerprint density at radius 3 is 2.24 bits per heavy atom. The van der Waals surface area contributed by atoms with Gasteiger partial charge in [-0.1, -0.05) is 48.5 Å². The molecule has 0 heterocycles. The van der Waals surface area contributed by atoms with Gasteiger partial charge in [0.2, 0.25) is 0 Å². The number of fused-ring (bicyclic) bond motifs is 1. The van der Waals surface area contributed by atoms with Crippen LogP contribution in [0.5, 0.6) is 11.5 Å². The zero-order chi connectivity index (χ0) is 23.4. The second kappa shape index (κ2) is 9.53. The van der Waals surface area contributed by atoms with Gasteiger partial charge < -0.3 is 14.2 Å². The molecule has 0 amide bonds. The van der Waals surface area contributed by atoms with Gasteiger partial charge in [-0.3, -0.25) is 0 Å². The van der Waals surface area contributed by atoms with Gasteiger partial charge in [-0.05, 0) is 91.3 Å². The summed E-state index contributed by atoms with van der Waals surface area (Å²) in [4.78, 5) is 12.2. The Morgan fingerprint density at radius 2 is 1.58 bits per heavy atom. The molecule has 0 aliphatic heterocycles. The highest BCUT2D eigenvalue weighted by atomic mass is 16.6. The number of hydrogen-bond acceptors (Lipinski definition) is 4. The number of rotatable bonds is 7. The minimum Gasteiger partial charge on any atom is -0.497 e. The SMILES string of the molecule is CCOC(=O)C(C)(C)Oc1ccc(C2=C(c3ccccc3)CCc3cc(OC)ccc32)cc1. The maximum Gasteiger partial charge on any atom is 0.349 e. The number of hydrogen-bond donors (Lipinski definition) is 0. The fourth-order valence-electron chi connectivity index (χ4n) is 4.28. The van der Waals surface area contributed by atoms with E-state index in [9.17, 15) is 4.79 Å². The summed E-state index contributed by atoms with van der Waals surface area (Å²) in [5.74, 6) is 1.13. The summed E-state index contributed by atoms with van der Waals surface area (Å²) in [6, 6.07) is 24.8. The van der Waals surface area contributed by atoms with Gasteiger partial charge in [0.1, 0.15) is 11.5 Å². The summed E-state index contributed by atoms with van der Waals surface area (Å²) < 4.78 is 16.6. The third kappa shape index (κ3) is 4.80. The van der Waals surface area contributed by atoms with E-state index in [1.54, 1.807) is 27.9 Å². The van der Waals surface area contributed by atoms with Crippen LogP contribution in [0.4, 0.5) is 0 Å². The van der Waals surface area contributed by atoms with Crippen molar-refractivity contribution in [3.63, 3.8) is 0 Å². The summed E-state index contributed by atoms with van der Waals surface area (Å²) in [6.45, 7) is 5.56. The first-order valence-electron chi connectivity index (χ1n) is 11.4. The number of aryl methyl sites for hydroxylation is 1. The van der Waals surface area contributed by atoms with Crippen LogP contribution in [0.25, 0.3) is 11.1 Å². The van der Waals surface area contributed by atoms with Crippen molar-refractivity contribution in [3.05, 3.63) is 95.1 Å². The fraction of sp³-hybridized carbons (Fsp3) is 0.276. The monoisotopic (exact) mass is 442 g/mol. The van der Waals surface area contributed by atoms with E-state index in [1.807, 2.05) is 24.3 Å². The first-order chi connectivity index (χ1) is 15.9. The first kappa shape index (κ1) is 22.7. The van der Waals surface area contributed by atoms with Crippen molar-refractivity contribution < 1.29 is 19.0 Å². The normalized spacial score (nSPS) is 13.3. The van der Waals surface area contributed by atoms with Crippen molar-refractivity contribution >= 4 is 17.1 Å². The number of carbonyl (C=O) groups is 1. The van der Waals surface area contributed by atoms with Crippen LogP contribution in [0.2, 0.25) is 0 Å². The molecule has 3 aromatic carbocycles. The van der Waals surface area contributed by atoms with E-state index < -0.39 is 5.60 Å². The number of benzene rings is 3. The lowest BCUT2D eigenvalue weighted by molar-refractivity contribution is -0.158. The lowest BCUT2D eigenvalue weighted by atomic mass is 9.79. The minimum absolute atomic E-state index is 0.325. The van der Waals surface area contributed by atoms with Crippen LogP contribution in [0.3, 0.4) is 0 Å². The molecule has 0 aromatic heterocycles. The molecular weight excluding hydrogens is 412 g/mol. The van der Waals surface area contributed by atoms with Crippen molar-refractivity contribution in [2.24, 2.45) is 0 Å². The van der Waals surface area contributed by atoms with Crippen LogP contribution in [0, 0.1) is 0 Å². The van der Waals surface area contributed by atoms with Gasteiger partial charge in [-0.25, -0.2) is 4.79 Å². The van der Waals surface area contributed by atoms with Gasteiger partial charge in [0.15, 0.2) is 5.60 Å². The molecule has 0 N–H and O–H groups in total. The largest absolute Gasteiger partial charge is 0.497 e. The Labute approximate surface area is 195 Å². The summed E-state index contributed by atoms with van der Waals surface area (Å²) in [5.41, 5.74) is 6.35. The van der Waals surface area contributed by atoms with E-state index in [0.29, 0.717) is 12.4 Å². The smallest absolute Gasteiger partial charge is 0.349 e. The number of ether oxygens (including phenoxy) is 3. The zero-order valence-corrected chi connectivity index (χ0v) is 19.7. The molecule has 0 atom stereocenters. The molecule has 4 rings (SSSR count). The van der Waals surface area contributed by atoms with Gasteiger partial charge in [-0.15, -0.1) is 0 Å². The van der Waals surface area contributed by atoms with E-state index >= 15 is 0 Å². The number of carbonyl (C=O) groups excluding carboxylic acids is 1. The lowest BCUT2D eigenvalue weighted by Gasteiger charge is -2.26. The highest BCUT2D eigenvalue weighted by Crippen LogP contribution is 2.42. The first-order valence-corrected chi connectivity index (χ1v) is 11.4. The Hall–Kier alpha value is -3.53. The molecule has 170 valence electrons. The quantitative estimate of drug-likeness (QED) is 0.402. The second-order valence-corrected chi connectivity index (χ2v) is 8.60. The average Bonchev–Trinajstić information content (AvgIpc) is 2.84.